The number of nitrogens with zero attached hydrogens (tertiary/aromatic N) is 2. The Hall–Kier alpha value is -4.82. The molecule has 0 aliphatic rings. The van der Waals surface area contributed by atoms with E-state index in [-0.39, 0.29) is 24.5 Å². The third-order valence-corrected chi connectivity index (χ3v) is 6.07. The van der Waals surface area contributed by atoms with Crippen molar-refractivity contribution in [2.45, 2.75) is 19.6 Å². The van der Waals surface area contributed by atoms with E-state index in [2.05, 4.69) is 10.3 Å². The number of carbonyl (C=O) groups excluding carboxylic acids is 1. The molecule has 1 aromatic heterocycles. The molecule has 0 aliphatic heterocycles. The van der Waals surface area contributed by atoms with Crippen LogP contribution in [0.25, 0.3) is 10.9 Å². The van der Waals surface area contributed by atoms with Crippen molar-refractivity contribution in [1.82, 2.24) is 9.55 Å². The van der Waals surface area contributed by atoms with Crippen LogP contribution in [0, 0.1) is 5.82 Å². The number of anilines is 1. The summed E-state index contributed by atoms with van der Waals surface area (Å²) in [6.07, 6.45) is 2.17. The molecule has 0 aliphatic carbocycles. The molecule has 0 saturated heterocycles. The summed E-state index contributed by atoms with van der Waals surface area (Å²) in [6.45, 7) is 0.559. The smallest absolute Gasteiger partial charge is 0.261 e. The Balaban J connectivity index is 1.39. The van der Waals surface area contributed by atoms with E-state index in [0.717, 1.165) is 11.1 Å². The van der Waals surface area contributed by atoms with Crippen LogP contribution in [0.15, 0.2) is 108 Å². The molecule has 8 heteroatoms. The molecule has 0 spiro atoms. The average molecular weight is 524 g/mol. The zero-order valence-corrected chi connectivity index (χ0v) is 21.0. The highest BCUT2D eigenvalue weighted by molar-refractivity contribution is 5.96. The monoisotopic (exact) mass is 523 g/mol. The third-order valence-electron chi connectivity index (χ3n) is 6.07. The minimum atomic E-state index is -0.407. The number of hydrogen-bond acceptors (Lipinski definition) is 5. The first-order valence-electron chi connectivity index (χ1n) is 12.5. The van der Waals surface area contributed by atoms with Crippen molar-refractivity contribution in [1.29, 1.82) is 0 Å². The normalized spacial score (nSPS) is 10.9. The fourth-order valence-corrected chi connectivity index (χ4v) is 4.07. The van der Waals surface area contributed by atoms with E-state index in [1.165, 1.54) is 30.6 Å². The summed E-state index contributed by atoms with van der Waals surface area (Å²) in [4.78, 5) is 30.5. The summed E-state index contributed by atoms with van der Waals surface area (Å²) in [5, 5.41) is 3.12. The second-order valence-corrected chi connectivity index (χ2v) is 8.93. The number of ether oxygens (including phenoxy) is 2. The summed E-state index contributed by atoms with van der Waals surface area (Å²) in [5.41, 5.74) is 2.54. The van der Waals surface area contributed by atoms with Gasteiger partial charge in [-0.15, -0.1) is 0 Å². The number of amides is 1. The molecular weight excluding hydrogens is 497 g/mol. The van der Waals surface area contributed by atoms with Gasteiger partial charge in [0.25, 0.3) is 5.56 Å². The van der Waals surface area contributed by atoms with E-state index in [4.69, 9.17) is 9.47 Å². The second-order valence-electron chi connectivity index (χ2n) is 8.93. The highest BCUT2D eigenvalue weighted by Crippen LogP contribution is 2.32. The standard InChI is InChI=1S/C31H26FN3O4/c32-24-11-13-25(14-12-24)39-29-17-26-27(33-21-35(31(26)37)16-15-22-7-3-1-4-8-22)18-28(29)34-30(36)20-38-19-23-9-5-2-6-10-23/h1-14,17-18,21H,15-16,19-20H2,(H,34,36). The van der Waals surface area contributed by atoms with Gasteiger partial charge in [-0.2, -0.15) is 0 Å². The van der Waals surface area contributed by atoms with Crippen LogP contribution in [0.1, 0.15) is 11.1 Å². The van der Waals surface area contributed by atoms with Gasteiger partial charge >= 0.3 is 0 Å². The van der Waals surface area contributed by atoms with Gasteiger partial charge in [-0.25, -0.2) is 9.37 Å². The van der Waals surface area contributed by atoms with E-state index >= 15 is 0 Å². The van der Waals surface area contributed by atoms with E-state index in [9.17, 15) is 14.0 Å². The number of benzene rings is 4. The Morgan fingerprint density at radius 3 is 2.31 bits per heavy atom. The SMILES string of the molecule is O=C(COCc1ccccc1)Nc1cc2ncn(CCc3ccccc3)c(=O)c2cc1Oc1ccc(F)cc1. The van der Waals surface area contributed by atoms with Crippen molar-refractivity contribution in [2.24, 2.45) is 0 Å². The Bertz CT molecular complexity index is 1620. The number of fused-ring (bicyclic) bond motifs is 1. The Kier molecular flexibility index (Phi) is 8.04. The van der Waals surface area contributed by atoms with Crippen LogP contribution in [0.3, 0.4) is 0 Å². The molecule has 0 fully saturated rings. The van der Waals surface area contributed by atoms with Crippen molar-refractivity contribution >= 4 is 22.5 Å². The van der Waals surface area contributed by atoms with Crippen molar-refractivity contribution < 1.29 is 18.7 Å². The summed E-state index contributed by atoms with van der Waals surface area (Å²) in [7, 11) is 0. The fourth-order valence-electron chi connectivity index (χ4n) is 4.07. The zero-order chi connectivity index (χ0) is 27.0. The molecule has 4 aromatic carbocycles. The van der Waals surface area contributed by atoms with Crippen LogP contribution in [-0.2, 0) is 29.1 Å². The molecule has 196 valence electrons. The van der Waals surface area contributed by atoms with Crippen molar-refractivity contribution in [2.75, 3.05) is 11.9 Å². The molecule has 0 bridgehead atoms. The van der Waals surface area contributed by atoms with Gasteiger partial charge in [-0.1, -0.05) is 60.7 Å². The number of carbonyl (C=O) groups is 1. The van der Waals surface area contributed by atoms with Gasteiger partial charge in [0.05, 0.1) is 29.5 Å². The lowest BCUT2D eigenvalue weighted by Gasteiger charge is -2.15. The molecule has 5 aromatic rings. The van der Waals surface area contributed by atoms with Gasteiger partial charge in [-0.05, 0) is 53.9 Å². The van der Waals surface area contributed by atoms with Crippen LogP contribution in [-0.4, -0.2) is 22.1 Å². The van der Waals surface area contributed by atoms with E-state index in [1.54, 1.807) is 16.7 Å². The number of nitrogens with one attached hydrogen (secondary N) is 1. The minimum absolute atomic E-state index is 0.183. The highest BCUT2D eigenvalue weighted by Gasteiger charge is 2.15. The quantitative estimate of drug-likeness (QED) is 0.253. The molecule has 1 N–H and O–H groups in total. The van der Waals surface area contributed by atoms with Gasteiger partial charge in [0, 0.05) is 6.54 Å². The molecule has 7 nitrogen and oxygen atoms in total. The molecule has 39 heavy (non-hydrogen) atoms. The molecule has 0 radical (unpaired) electrons. The largest absolute Gasteiger partial charge is 0.455 e. The van der Waals surface area contributed by atoms with Crippen molar-refractivity contribution in [3.05, 3.63) is 131 Å². The van der Waals surface area contributed by atoms with Crippen LogP contribution in [0.5, 0.6) is 11.5 Å². The maximum absolute atomic E-state index is 13.4. The van der Waals surface area contributed by atoms with Gasteiger partial charge in [0.1, 0.15) is 18.2 Å². The maximum Gasteiger partial charge on any atom is 0.261 e. The lowest BCUT2D eigenvalue weighted by Crippen LogP contribution is -2.22. The molecule has 1 amide bonds. The van der Waals surface area contributed by atoms with Gasteiger partial charge in [0.15, 0.2) is 5.75 Å². The lowest BCUT2D eigenvalue weighted by molar-refractivity contribution is -0.121. The number of aryl methyl sites for hydroxylation is 2. The third kappa shape index (κ3) is 6.74. The summed E-state index contributed by atoms with van der Waals surface area (Å²) >= 11 is 0. The molecule has 0 atom stereocenters. The van der Waals surface area contributed by atoms with Gasteiger partial charge in [-0.3, -0.25) is 14.2 Å². The molecule has 1 heterocycles. The van der Waals surface area contributed by atoms with Gasteiger partial charge < -0.3 is 14.8 Å². The Morgan fingerprint density at radius 2 is 1.59 bits per heavy atom. The first kappa shape index (κ1) is 25.8. The first-order valence-corrected chi connectivity index (χ1v) is 12.5. The molecular formula is C31H26FN3O4. The van der Waals surface area contributed by atoms with Crippen LogP contribution >= 0.6 is 0 Å². The number of aromatic nitrogens is 2. The highest BCUT2D eigenvalue weighted by atomic mass is 19.1. The predicted octanol–water partition coefficient (Wildman–Crippen LogP) is 5.73. The molecule has 5 rings (SSSR count). The van der Waals surface area contributed by atoms with E-state index in [0.29, 0.717) is 35.3 Å². The van der Waals surface area contributed by atoms with E-state index < -0.39 is 11.7 Å². The first-order chi connectivity index (χ1) is 19.0. The summed E-state index contributed by atoms with van der Waals surface area (Å²) in [5.74, 6) is -0.231. The van der Waals surface area contributed by atoms with Crippen LogP contribution in [0.2, 0.25) is 0 Å². The zero-order valence-electron chi connectivity index (χ0n) is 21.0. The second kappa shape index (κ2) is 12.1. The number of rotatable bonds is 10. The molecule has 0 unspecified atom stereocenters. The van der Waals surface area contributed by atoms with Crippen molar-refractivity contribution in [3.63, 3.8) is 0 Å². The topological polar surface area (TPSA) is 82.5 Å². The number of hydrogen-bond donors (Lipinski definition) is 1. The predicted molar refractivity (Wildman–Crippen MR) is 147 cm³/mol. The van der Waals surface area contributed by atoms with Crippen LogP contribution in [0.4, 0.5) is 10.1 Å². The summed E-state index contributed by atoms with van der Waals surface area (Å²) in [6, 6.07) is 28.0. The summed E-state index contributed by atoms with van der Waals surface area (Å²) < 4.78 is 26.5. The Morgan fingerprint density at radius 1 is 0.897 bits per heavy atom. The maximum atomic E-state index is 13.4. The fraction of sp³-hybridized carbons (Fsp3) is 0.129. The van der Waals surface area contributed by atoms with Crippen molar-refractivity contribution in [3.8, 4) is 11.5 Å². The minimum Gasteiger partial charge on any atom is -0.455 e. The number of halogens is 1. The van der Waals surface area contributed by atoms with E-state index in [1.807, 2.05) is 60.7 Å². The Labute approximate surface area is 224 Å². The van der Waals surface area contributed by atoms with Gasteiger partial charge in [0.2, 0.25) is 5.91 Å². The molecule has 0 saturated carbocycles. The lowest BCUT2D eigenvalue weighted by atomic mass is 10.1. The van der Waals surface area contributed by atoms with Crippen LogP contribution < -0.4 is 15.6 Å². The average Bonchev–Trinajstić information content (AvgIpc) is 2.96.